The Kier molecular flexibility index (Phi) is 41.3. The lowest BCUT2D eigenvalue weighted by molar-refractivity contribution is 0.306. The summed E-state index contributed by atoms with van der Waals surface area (Å²) in [6.07, 6.45) is 43.2. The van der Waals surface area contributed by atoms with Gasteiger partial charge in [-0.1, -0.05) is 192 Å². The smallest absolute Gasteiger partial charge is 0.119 e. The van der Waals surface area contributed by atoms with E-state index in [2.05, 4.69) is 214 Å². The number of rotatable bonds is 42. The first-order valence-corrected chi connectivity index (χ1v) is 36.9. The number of hydrogen-bond acceptors (Lipinski definition) is 8. The third kappa shape index (κ3) is 34.7. The van der Waals surface area contributed by atoms with E-state index in [-0.39, 0.29) is 0 Å². The molecule has 8 aromatic rings. The van der Waals surface area contributed by atoms with Crippen molar-refractivity contribution >= 4 is 0 Å². The average Bonchev–Trinajstić information content (AvgIpc) is 3.39. The van der Waals surface area contributed by atoms with Crippen molar-refractivity contribution in [1.29, 1.82) is 0 Å². The molecule has 0 fully saturated rings. The minimum atomic E-state index is 0.716. The van der Waals surface area contributed by atoms with Gasteiger partial charge < -0.3 is 18.9 Å². The third-order valence-corrected chi connectivity index (χ3v) is 16.8. The van der Waals surface area contributed by atoms with Crippen LogP contribution >= 0.6 is 0 Å². The van der Waals surface area contributed by atoms with E-state index in [1.165, 1.54) is 164 Å². The summed E-state index contributed by atoms with van der Waals surface area (Å²) in [6.45, 7) is 20.6. The Morgan fingerprint density at radius 2 is 0.447 bits per heavy atom. The topological polar surface area (TPSA) is 88.5 Å². The fourth-order valence-electron chi connectivity index (χ4n) is 10.7. The zero-order valence-corrected chi connectivity index (χ0v) is 59.6. The zero-order valence-electron chi connectivity index (χ0n) is 59.6. The first kappa shape index (κ1) is 77.4. The zero-order chi connectivity index (χ0) is 66.7. The van der Waals surface area contributed by atoms with E-state index in [0.717, 1.165) is 139 Å². The van der Waals surface area contributed by atoms with Crippen molar-refractivity contribution in [3.63, 3.8) is 0 Å². The van der Waals surface area contributed by atoms with Gasteiger partial charge in [-0.3, -0.25) is 19.9 Å². The molecular weight excluding hydrogens is 1150 g/mol. The summed E-state index contributed by atoms with van der Waals surface area (Å²) in [5, 5.41) is 0. The van der Waals surface area contributed by atoms with E-state index in [1.54, 1.807) is 0 Å². The number of ether oxygens (including phenoxy) is 4. The maximum absolute atomic E-state index is 5.77. The number of pyridine rings is 4. The molecule has 4 aromatic carbocycles. The van der Waals surface area contributed by atoms with Gasteiger partial charge in [-0.15, -0.1) is 0 Å². The number of aromatic nitrogens is 4. The van der Waals surface area contributed by atoms with Gasteiger partial charge in [0.05, 0.1) is 26.4 Å². The third-order valence-electron chi connectivity index (χ3n) is 16.8. The van der Waals surface area contributed by atoms with Crippen molar-refractivity contribution in [2.24, 2.45) is 0 Å². The number of nitrogens with zero attached hydrogens (tertiary/aromatic N) is 4. The molecule has 0 aliphatic rings. The Balaban J connectivity index is 0.000000227. The summed E-state index contributed by atoms with van der Waals surface area (Å²) in [6, 6.07) is 51.5. The van der Waals surface area contributed by atoms with E-state index in [0.29, 0.717) is 6.61 Å². The second-order valence-electron chi connectivity index (χ2n) is 25.1. The van der Waals surface area contributed by atoms with Gasteiger partial charge in [0.1, 0.15) is 23.0 Å². The molecule has 0 saturated heterocycles. The Labute approximate surface area is 571 Å². The van der Waals surface area contributed by atoms with Gasteiger partial charge in [-0.2, -0.15) is 0 Å². The molecule has 0 aliphatic carbocycles. The number of aryl methyl sites for hydroxylation is 12. The van der Waals surface area contributed by atoms with E-state index < -0.39 is 0 Å². The van der Waals surface area contributed by atoms with Crippen LogP contribution in [0.5, 0.6) is 23.0 Å². The Morgan fingerprint density at radius 1 is 0.202 bits per heavy atom. The van der Waals surface area contributed by atoms with Gasteiger partial charge in [0.15, 0.2) is 0 Å². The fraction of sp³-hybridized carbons (Fsp3) is 0.488. The van der Waals surface area contributed by atoms with Gasteiger partial charge in [-0.05, 0) is 246 Å². The van der Waals surface area contributed by atoms with Crippen LogP contribution in [0.2, 0.25) is 0 Å². The molecule has 0 saturated carbocycles. The van der Waals surface area contributed by atoms with Gasteiger partial charge in [0.25, 0.3) is 0 Å². The molecule has 508 valence electrons. The molecule has 94 heavy (non-hydrogen) atoms. The average molecular weight is 1270 g/mol. The molecule has 0 atom stereocenters. The molecule has 0 N–H and O–H groups in total. The molecule has 0 bridgehead atoms. The van der Waals surface area contributed by atoms with E-state index in [9.17, 15) is 0 Å². The van der Waals surface area contributed by atoms with Gasteiger partial charge in [-0.25, -0.2) is 0 Å². The monoisotopic (exact) mass is 1270 g/mol. The summed E-state index contributed by atoms with van der Waals surface area (Å²) >= 11 is 0. The number of benzene rings is 4. The lowest BCUT2D eigenvalue weighted by Crippen LogP contribution is -1.98. The highest BCUT2D eigenvalue weighted by atomic mass is 16.5. The quantitative estimate of drug-likeness (QED) is 0.0350. The van der Waals surface area contributed by atoms with E-state index in [1.807, 2.05) is 31.5 Å². The van der Waals surface area contributed by atoms with Gasteiger partial charge in [0.2, 0.25) is 0 Å². The summed E-state index contributed by atoms with van der Waals surface area (Å²) in [5.41, 5.74) is 15.5. The van der Waals surface area contributed by atoms with Crippen molar-refractivity contribution in [1.82, 2.24) is 19.9 Å². The van der Waals surface area contributed by atoms with Crippen LogP contribution in [0, 0.1) is 0 Å². The lowest BCUT2D eigenvalue weighted by Gasteiger charge is -2.07. The van der Waals surface area contributed by atoms with Crippen molar-refractivity contribution in [2.45, 2.75) is 248 Å². The Bertz CT molecular complexity index is 3000. The maximum Gasteiger partial charge on any atom is 0.119 e. The maximum atomic E-state index is 5.77. The molecule has 8 rings (SSSR count). The highest BCUT2D eigenvalue weighted by Gasteiger charge is 2.06. The predicted octanol–water partition coefficient (Wildman–Crippen LogP) is 22.3. The van der Waals surface area contributed by atoms with Crippen LogP contribution in [0.15, 0.2) is 170 Å². The van der Waals surface area contributed by atoms with E-state index >= 15 is 0 Å². The Morgan fingerprint density at radius 3 is 0.691 bits per heavy atom. The molecule has 0 spiro atoms. The summed E-state index contributed by atoms with van der Waals surface area (Å²) in [5.74, 6) is 3.86. The first-order chi connectivity index (χ1) is 46.3. The highest BCUT2D eigenvalue weighted by molar-refractivity contribution is 5.31. The molecule has 0 amide bonds. The molecule has 0 radical (unpaired) electrons. The predicted molar refractivity (Wildman–Crippen MR) is 398 cm³/mol. The number of unbranched alkanes of at least 4 members (excludes halogenated alkanes) is 11. The second kappa shape index (κ2) is 50.2. The summed E-state index contributed by atoms with van der Waals surface area (Å²) in [7, 11) is 0. The van der Waals surface area contributed by atoms with Gasteiger partial charge >= 0.3 is 0 Å². The van der Waals surface area contributed by atoms with Crippen molar-refractivity contribution in [3.05, 3.63) is 238 Å². The van der Waals surface area contributed by atoms with Crippen LogP contribution in [0.25, 0.3) is 0 Å². The van der Waals surface area contributed by atoms with E-state index in [4.69, 9.17) is 18.9 Å². The van der Waals surface area contributed by atoms with Crippen LogP contribution in [0.3, 0.4) is 0 Å². The minimum Gasteiger partial charge on any atom is -0.494 e. The van der Waals surface area contributed by atoms with Crippen molar-refractivity contribution < 1.29 is 18.9 Å². The molecule has 8 nitrogen and oxygen atoms in total. The molecule has 0 unspecified atom stereocenters. The Hall–Kier alpha value is -7.32. The first-order valence-electron chi connectivity index (χ1n) is 36.9. The normalized spacial score (nSPS) is 10.7. The molecular formula is C86H120N4O4. The lowest BCUT2D eigenvalue weighted by atomic mass is 10.1. The van der Waals surface area contributed by atoms with Crippen molar-refractivity contribution in [3.8, 4) is 23.0 Å². The largest absolute Gasteiger partial charge is 0.494 e. The summed E-state index contributed by atoms with van der Waals surface area (Å²) in [4.78, 5) is 18.4. The highest BCUT2D eigenvalue weighted by Crippen LogP contribution is 2.20. The van der Waals surface area contributed by atoms with Crippen LogP contribution in [-0.2, 0) is 77.0 Å². The number of hydrogen-bond donors (Lipinski definition) is 0. The fourth-order valence-corrected chi connectivity index (χ4v) is 10.7. The van der Waals surface area contributed by atoms with Crippen LogP contribution < -0.4 is 18.9 Å². The van der Waals surface area contributed by atoms with Crippen LogP contribution in [0.1, 0.15) is 238 Å². The SMILES string of the molecule is CCCCCOc1ccc(CCc2ccc(CCCCC)cn2)cc1.CCCCCc1ccc(CCc2ccc(OCC)cc2)nc1.CCCCCc1ccc(CCc2ccc(OCCC)cc2)nc1.CCCCCc1ccc(CCc2ccc(OCCCC)cc2)nc1. The summed E-state index contributed by atoms with van der Waals surface area (Å²) < 4.78 is 22.6. The van der Waals surface area contributed by atoms with Gasteiger partial charge in [0, 0.05) is 47.6 Å². The van der Waals surface area contributed by atoms with Crippen LogP contribution in [0.4, 0.5) is 0 Å². The second-order valence-corrected chi connectivity index (χ2v) is 25.1. The molecule has 0 aliphatic heterocycles. The molecule has 8 heteroatoms. The molecule has 4 heterocycles. The van der Waals surface area contributed by atoms with Crippen LogP contribution in [-0.4, -0.2) is 46.4 Å². The molecule has 4 aromatic heterocycles. The minimum absolute atomic E-state index is 0.716. The van der Waals surface area contributed by atoms with Crippen molar-refractivity contribution in [2.75, 3.05) is 26.4 Å². The standard InChI is InChI=1S/C23H33NO.C22H31NO.C21H29NO.C20H27NO/c1-3-5-7-9-21-11-15-22(24-19-21)14-10-20-12-16-23(17-13-20)25-18-8-6-4-2;1-3-5-7-8-20-10-14-21(23-18-20)13-9-19-11-15-22(16-12-19)24-17-6-4-2;1-3-5-6-7-19-9-13-20(22-17-19)12-8-18-10-14-21(15-11-18)23-16-4-2;1-3-5-6-7-18-9-13-19(21-16-18)12-8-17-10-14-20(15-11-17)22-4-2/h11-13,15-17,19H,3-10,14,18H2,1-2H3;10-12,14-16,18H,3-9,13,17H2,1-2H3;9-11,13-15,17H,3-8,12,16H2,1-2H3;9-11,13-16H,3-8,12H2,1-2H3.